The van der Waals surface area contributed by atoms with Crippen LogP contribution in [-0.4, -0.2) is 28.3 Å². The number of nitrogens with two attached hydrogens (primary N) is 1. The molecule has 2 atom stereocenters. The number of carbonyl (C=O) groups is 1. The van der Waals surface area contributed by atoms with Crippen LogP contribution < -0.4 is 5.73 Å². The Kier molecular flexibility index (Phi) is 4.81. The normalized spacial score (nSPS) is 15.9. The second-order valence-corrected chi connectivity index (χ2v) is 2.76. The van der Waals surface area contributed by atoms with Crippen LogP contribution in [0.25, 0.3) is 0 Å². The van der Waals surface area contributed by atoms with Gasteiger partial charge >= 0.3 is 5.97 Å². The first-order valence-electron chi connectivity index (χ1n) is 3.70. The maximum Gasteiger partial charge on any atom is 0.332 e. The summed E-state index contributed by atoms with van der Waals surface area (Å²) < 4.78 is 0. The molecule has 0 fully saturated rings. The van der Waals surface area contributed by atoms with E-state index in [1.807, 2.05) is 6.92 Å². The van der Waals surface area contributed by atoms with Crippen LogP contribution in [0.1, 0.15) is 26.2 Å². The highest BCUT2D eigenvalue weighted by molar-refractivity contribution is 5.71. The third-order valence-corrected chi connectivity index (χ3v) is 1.42. The number of aliphatic hydroxyl groups is 1. The SMILES string of the molecule is CC(N)CCCC(O)C(=O)O. The predicted molar refractivity (Wildman–Crippen MR) is 41.1 cm³/mol. The summed E-state index contributed by atoms with van der Waals surface area (Å²) >= 11 is 0. The highest BCUT2D eigenvalue weighted by Gasteiger charge is 2.11. The Hall–Kier alpha value is -0.610. The van der Waals surface area contributed by atoms with Crippen molar-refractivity contribution in [3.63, 3.8) is 0 Å². The van der Waals surface area contributed by atoms with Gasteiger partial charge in [0.25, 0.3) is 0 Å². The maximum atomic E-state index is 10.1. The summed E-state index contributed by atoms with van der Waals surface area (Å²) in [6.07, 6.45) is 0.473. The summed E-state index contributed by atoms with van der Waals surface area (Å²) in [7, 11) is 0. The van der Waals surface area contributed by atoms with Gasteiger partial charge in [0, 0.05) is 6.04 Å². The van der Waals surface area contributed by atoms with E-state index in [0.29, 0.717) is 6.42 Å². The summed E-state index contributed by atoms with van der Waals surface area (Å²) in [5, 5.41) is 17.1. The van der Waals surface area contributed by atoms with E-state index >= 15 is 0 Å². The van der Waals surface area contributed by atoms with Crippen LogP contribution in [0, 0.1) is 0 Å². The molecule has 0 aromatic rings. The molecule has 0 amide bonds. The van der Waals surface area contributed by atoms with Crippen LogP contribution >= 0.6 is 0 Å². The lowest BCUT2D eigenvalue weighted by atomic mass is 10.1. The zero-order chi connectivity index (χ0) is 8.85. The molecule has 0 aliphatic heterocycles. The van der Waals surface area contributed by atoms with Crippen molar-refractivity contribution in [3.05, 3.63) is 0 Å². The molecule has 0 bridgehead atoms. The first kappa shape index (κ1) is 10.4. The fourth-order valence-electron chi connectivity index (χ4n) is 0.757. The molecule has 4 N–H and O–H groups in total. The first-order valence-corrected chi connectivity index (χ1v) is 3.70. The number of rotatable bonds is 5. The number of carboxylic acids is 1. The molecule has 4 heteroatoms. The van der Waals surface area contributed by atoms with Gasteiger partial charge in [-0.3, -0.25) is 0 Å². The van der Waals surface area contributed by atoms with Gasteiger partial charge in [0.05, 0.1) is 0 Å². The van der Waals surface area contributed by atoms with Gasteiger partial charge in [0.15, 0.2) is 6.10 Å². The summed E-state index contributed by atoms with van der Waals surface area (Å²) in [6.45, 7) is 1.85. The van der Waals surface area contributed by atoms with Crippen molar-refractivity contribution in [3.8, 4) is 0 Å². The number of aliphatic hydroxyl groups excluding tert-OH is 1. The first-order chi connectivity index (χ1) is 5.04. The van der Waals surface area contributed by atoms with Gasteiger partial charge in [-0.15, -0.1) is 0 Å². The molecular weight excluding hydrogens is 146 g/mol. The molecule has 0 rings (SSSR count). The molecule has 0 heterocycles. The van der Waals surface area contributed by atoms with Crippen molar-refractivity contribution in [1.29, 1.82) is 0 Å². The molecule has 2 unspecified atom stereocenters. The van der Waals surface area contributed by atoms with E-state index in [1.54, 1.807) is 0 Å². The minimum Gasteiger partial charge on any atom is -0.479 e. The Labute approximate surface area is 66.0 Å². The highest BCUT2D eigenvalue weighted by Crippen LogP contribution is 2.02. The topological polar surface area (TPSA) is 83.5 Å². The number of carboxylic acid groups (broad SMARTS) is 1. The minimum absolute atomic E-state index is 0.0796. The summed E-state index contributed by atoms with van der Waals surface area (Å²) in [5.41, 5.74) is 5.43. The average molecular weight is 161 g/mol. The lowest BCUT2D eigenvalue weighted by Gasteiger charge is -2.06. The molecule has 0 radical (unpaired) electrons. The van der Waals surface area contributed by atoms with Gasteiger partial charge in [0.1, 0.15) is 0 Å². The van der Waals surface area contributed by atoms with Crippen molar-refractivity contribution in [2.24, 2.45) is 5.73 Å². The summed E-state index contributed by atoms with van der Waals surface area (Å²) in [4.78, 5) is 10.1. The molecule has 4 nitrogen and oxygen atoms in total. The standard InChI is InChI=1S/C7H15NO3/c1-5(8)3-2-4-6(9)7(10)11/h5-6,9H,2-4,8H2,1H3,(H,10,11). The van der Waals surface area contributed by atoms with E-state index in [1.165, 1.54) is 0 Å². The molecule has 0 aliphatic rings. The highest BCUT2D eigenvalue weighted by atomic mass is 16.4. The van der Waals surface area contributed by atoms with Gasteiger partial charge in [-0.25, -0.2) is 4.79 Å². The lowest BCUT2D eigenvalue weighted by Crippen LogP contribution is -2.21. The zero-order valence-electron chi connectivity index (χ0n) is 6.66. The van der Waals surface area contributed by atoms with Gasteiger partial charge in [-0.2, -0.15) is 0 Å². The number of hydrogen-bond acceptors (Lipinski definition) is 3. The average Bonchev–Trinajstić information content (AvgIpc) is 1.86. The zero-order valence-corrected chi connectivity index (χ0v) is 6.66. The van der Waals surface area contributed by atoms with Gasteiger partial charge < -0.3 is 15.9 Å². The maximum absolute atomic E-state index is 10.1. The molecule has 0 spiro atoms. The Balaban J connectivity index is 3.31. The molecule has 0 saturated heterocycles. The number of hydrogen-bond donors (Lipinski definition) is 3. The Morgan fingerprint density at radius 2 is 2.09 bits per heavy atom. The van der Waals surface area contributed by atoms with E-state index in [0.717, 1.165) is 6.42 Å². The van der Waals surface area contributed by atoms with Crippen LogP contribution in [0.5, 0.6) is 0 Å². The van der Waals surface area contributed by atoms with Crippen molar-refractivity contribution in [2.75, 3.05) is 0 Å². The van der Waals surface area contributed by atoms with Gasteiger partial charge in [-0.05, 0) is 26.2 Å². The summed E-state index contributed by atoms with van der Waals surface area (Å²) in [6, 6.07) is 0.0796. The van der Waals surface area contributed by atoms with Gasteiger partial charge in [0.2, 0.25) is 0 Å². The van der Waals surface area contributed by atoms with E-state index in [2.05, 4.69) is 0 Å². The molecule has 0 aromatic carbocycles. The molecule has 11 heavy (non-hydrogen) atoms. The van der Waals surface area contributed by atoms with Crippen LogP contribution in [0.3, 0.4) is 0 Å². The van der Waals surface area contributed by atoms with Crippen molar-refractivity contribution in [2.45, 2.75) is 38.3 Å². The smallest absolute Gasteiger partial charge is 0.332 e. The fourth-order valence-corrected chi connectivity index (χ4v) is 0.757. The van der Waals surface area contributed by atoms with Crippen molar-refractivity contribution in [1.82, 2.24) is 0 Å². The Bertz CT molecular complexity index is 125. The Morgan fingerprint density at radius 3 is 2.45 bits per heavy atom. The molecule has 66 valence electrons. The molecular formula is C7H15NO3. The largest absolute Gasteiger partial charge is 0.479 e. The number of aliphatic carboxylic acids is 1. The predicted octanol–water partition coefficient (Wildman–Crippen LogP) is -0.0506. The second kappa shape index (κ2) is 5.09. The van der Waals surface area contributed by atoms with Crippen molar-refractivity contribution < 1.29 is 15.0 Å². The molecule has 0 saturated carbocycles. The minimum atomic E-state index is -1.23. The second-order valence-electron chi connectivity index (χ2n) is 2.76. The summed E-state index contributed by atoms with van der Waals surface area (Å²) in [5.74, 6) is -1.16. The van der Waals surface area contributed by atoms with Crippen LogP contribution in [0.4, 0.5) is 0 Å². The molecule has 0 aliphatic carbocycles. The lowest BCUT2D eigenvalue weighted by molar-refractivity contribution is -0.146. The van der Waals surface area contributed by atoms with E-state index < -0.39 is 12.1 Å². The quantitative estimate of drug-likeness (QED) is 0.528. The monoisotopic (exact) mass is 161 g/mol. The van der Waals surface area contributed by atoms with Crippen LogP contribution in [0.15, 0.2) is 0 Å². The van der Waals surface area contributed by atoms with E-state index in [9.17, 15) is 4.79 Å². The van der Waals surface area contributed by atoms with E-state index in [4.69, 9.17) is 15.9 Å². The van der Waals surface area contributed by atoms with Crippen LogP contribution in [-0.2, 0) is 4.79 Å². The van der Waals surface area contributed by atoms with E-state index in [-0.39, 0.29) is 12.5 Å². The van der Waals surface area contributed by atoms with Crippen LogP contribution in [0.2, 0.25) is 0 Å². The van der Waals surface area contributed by atoms with Crippen molar-refractivity contribution >= 4 is 5.97 Å². The fraction of sp³-hybridized carbons (Fsp3) is 0.857. The molecule has 0 aromatic heterocycles. The third-order valence-electron chi connectivity index (χ3n) is 1.42. The Morgan fingerprint density at radius 1 is 1.55 bits per heavy atom. The van der Waals surface area contributed by atoms with Gasteiger partial charge in [-0.1, -0.05) is 0 Å². The third kappa shape index (κ3) is 5.82.